The quantitative estimate of drug-likeness (QED) is 0.202. The first-order valence-corrected chi connectivity index (χ1v) is 18.0. The number of aromatic hydroxyl groups is 1. The second kappa shape index (κ2) is 12.5. The van der Waals surface area contributed by atoms with Crippen LogP contribution in [-0.4, -0.2) is 24.6 Å². The van der Waals surface area contributed by atoms with Crippen LogP contribution in [0.1, 0.15) is 105 Å². The molecule has 1 N–H and O–H groups in total. The predicted molar refractivity (Wildman–Crippen MR) is 215 cm³/mol. The Kier molecular flexibility index (Phi) is 8.81. The van der Waals surface area contributed by atoms with E-state index in [1.54, 1.807) is 0 Å². The molecule has 3 aromatic heterocycles. The van der Waals surface area contributed by atoms with E-state index in [4.69, 9.17) is 15.0 Å². The van der Waals surface area contributed by atoms with Gasteiger partial charge in [-0.2, -0.15) is 0 Å². The van der Waals surface area contributed by atoms with Gasteiger partial charge in [-0.1, -0.05) is 113 Å². The van der Waals surface area contributed by atoms with Crippen molar-refractivity contribution >= 4 is 11.0 Å². The van der Waals surface area contributed by atoms with Crippen LogP contribution in [0.2, 0.25) is 0 Å². The summed E-state index contributed by atoms with van der Waals surface area (Å²) in [5, 5.41) is 11.8. The SMILES string of the molecule is Cn1c(-c2cc(C(C)(C)C)cc(C(C)(C)C)c2O)nc2c(-c3cc(-c4cc(C(C)(C)C)cc(C(C)(C)C)c4)cc(-c4ccccn4)c3)cncc21. The molecule has 0 atom stereocenters. The molecule has 6 rings (SSSR count). The topological polar surface area (TPSA) is 63.8 Å². The lowest BCUT2D eigenvalue weighted by atomic mass is 9.78. The van der Waals surface area contributed by atoms with Crippen LogP contribution in [-0.2, 0) is 28.7 Å². The molecule has 0 aliphatic carbocycles. The van der Waals surface area contributed by atoms with Crippen LogP contribution in [0.5, 0.6) is 5.75 Å². The van der Waals surface area contributed by atoms with Gasteiger partial charge in [0.15, 0.2) is 0 Å². The van der Waals surface area contributed by atoms with Crippen molar-refractivity contribution in [2.24, 2.45) is 7.05 Å². The lowest BCUT2D eigenvalue weighted by Gasteiger charge is -2.27. The Morgan fingerprint density at radius 2 is 1.14 bits per heavy atom. The number of imidazole rings is 1. The maximum atomic E-state index is 11.8. The minimum absolute atomic E-state index is 0.0139. The molecule has 0 fully saturated rings. The highest BCUT2D eigenvalue weighted by atomic mass is 16.3. The molecule has 0 bridgehead atoms. The summed E-state index contributed by atoms with van der Waals surface area (Å²) in [5.41, 5.74) is 12.9. The van der Waals surface area contributed by atoms with Gasteiger partial charge in [-0.15, -0.1) is 0 Å². The average Bonchev–Trinajstić information content (AvgIpc) is 3.39. The highest BCUT2D eigenvalue weighted by Gasteiger charge is 2.28. The number of nitrogens with zero attached hydrogens (tertiary/aromatic N) is 4. The minimum Gasteiger partial charge on any atom is -0.507 e. The highest BCUT2D eigenvalue weighted by Crippen LogP contribution is 2.44. The lowest BCUT2D eigenvalue weighted by molar-refractivity contribution is 0.446. The normalized spacial score (nSPS) is 12.9. The van der Waals surface area contributed by atoms with Crippen LogP contribution in [0.4, 0.5) is 0 Å². The van der Waals surface area contributed by atoms with E-state index in [1.807, 2.05) is 37.8 Å². The summed E-state index contributed by atoms with van der Waals surface area (Å²) in [6, 6.07) is 24.1. The van der Waals surface area contributed by atoms with E-state index in [0.717, 1.165) is 55.7 Å². The molecule has 51 heavy (non-hydrogen) atoms. The largest absolute Gasteiger partial charge is 0.507 e. The third-order valence-corrected chi connectivity index (χ3v) is 10.0. The summed E-state index contributed by atoms with van der Waals surface area (Å²) in [6.45, 7) is 26.7. The van der Waals surface area contributed by atoms with Crippen molar-refractivity contribution in [1.29, 1.82) is 0 Å². The number of hydrogen-bond donors (Lipinski definition) is 1. The predicted octanol–water partition coefficient (Wildman–Crippen LogP) is 11.9. The summed E-state index contributed by atoms with van der Waals surface area (Å²) < 4.78 is 2.06. The molecular formula is C46H54N4O. The van der Waals surface area contributed by atoms with Crippen molar-refractivity contribution in [2.45, 2.75) is 105 Å². The maximum absolute atomic E-state index is 11.8. The van der Waals surface area contributed by atoms with E-state index >= 15 is 0 Å². The second-order valence-electron chi connectivity index (χ2n) is 18.3. The fourth-order valence-corrected chi connectivity index (χ4v) is 6.65. The summed E-state index contributed by atoms with van der Waals surface area (Å²) in [7, 11) is 2.01. The van der Waals surface area contributed by atoms with Crippen molar-refractivity contribution in [2.75, 3.05) is 0 Å². The van der Waals surface area contributed by atoms with E-state index in [1.165, 1.54) is 16.7 Å². The van der Waals surface area contributed by atoms with E-state index in [-0.39, 0.29) is 27.4 Å². The fourth-order valence-electron chi connectivity index (χ4n) is 6.65. The van der Waals surface area contributed by atoms with E-state index in [9.17, 15) is 5.11 Å². The van der Waals surface area contributed by atoms with Crippen molar-refractivity contribution < 1.29 is 5.11 Å². The monoisotopic (exact) mass is 678 g/mol. The molecule has 0 amide bonds. The van der Waals surface area contributed by atoms with Crippen LogP contribution in [0.15, 0.2) is 85.3 Å². The number of phenolic OH excluding ortho intramolecular Hbond substituents is 1. The zero-order valence-electron chi connectivity index (χ0n) is 32.8. The third-order valence-electron chi connectivity index (χ3n) is 10.0. The van der Waals surface area contributed by atoms with Gasteiger partial charge in [0.2, 0.25) is 0 Å². The maximum Gasteiger partial charge on any atom is 0.144 e. The van der Waals surface area contributed by atoms with Crippen molar-refractivity contribution in [1.82, 2.24) is 19.5 Å². The smallest absolute Gasteiger partial charge is 0.144 e. The first kappa shape index (κ1) is 36.0. The molecule has 5 nitrogen and oxygen atoms in total. The molecule has 0 radical (unpaired) electrons. The molecule has 0 aliphatic rings. The minimum atomic E-state index is -0.253. The van der Waals surface area contributed by atoms with Crippen LogP contribution in [0.25, 0.3) is 55.9 Å². The number of benzene rings is 3. The van der Waals surface area contributed by atoms with Crippen molar-refractivity contribution in [3.05, 3.63) is 108 Å². The van der Waals surface area contributed by atoms with Crippen molar-refractivity contribution in [3.8, 4) is 50.6 Å². The van der Waals surface area contributed by atoms with E-state index in [0.29, 0.717) is 5.82 Å². The Labute approximate surface area is 304 Å². The first-order chi connectivity index (χ1) is 23.6. The van der Waals surface area contributed by atoms with Crippen LogP contribution in [0, 0.1) is 0 Å². The third kappa shape index (κ3) is 7.08. The Morgan fingerprint density at radius 1 is 0.569 bits per heavy atom. The van der Waals surface area contributed by atoms with Gasteiger partial charge in [-0.25, -0.2) is 4.98 Å². The Balaban J connectivity index is 1.63. The van der Waals surface area contributed by atoms with Gasteiger partial charge in [0.05, 0.1) is 23.0 Å². The average molecular weight is 679 g/mol. The molecule has 3 aromatic carbocycles. The van der Waals surface area contributed by atoms with Gasteiger partial charge in [-0.3, -0.25) is 9.97 Å². The molecular weight excluding hydrogens is 625 g/mol. The zero-order chi connectivity index (χ0) is 37.3. The molecule has 6 aromatic rings. The van der Waals surface area contributed by atoms with E-state index in [2.05, 4.69) is 142 Å². The fraction of sp³-hybridized carbons (Fsp3) is 0.370. The highest BCUT2D eigenvalue weighted by molar-refractivity contribution is 5.96. The second-order valence-corrected chi connectivity index (χ2v) is 18.3. The molecule has 0 unspecified atom stereocenters. The number of hydrogen-bond acceptors (Lipinski definition) is 4. The molecule has 3 heterocycles. The Morgan fingerprint density at radius 3 is 1.71 bits per heavy atom. The van der Waals surface area contributed by atoms with Gasteiger partial charge in [0.1, 0.15) is 17.1 Å². The first-order valence-electron chi connectivity index (χ1n) is 18.0. The number of aromatic nitrogens is 4. The van der Waals surface area contributed by atoms with Crippen LogP contribution < -0.4 is 0 Å². The molecule has 264 valence electrons. The number of rotatable bonds is 4. The number of phenols is 1. The Bertz CT molecular complexity index is 2220. The van der Waals surface area contributed by atoms with Crippen LogP contribution in [0.3, 0.4) is 0 Å². The number of fused-ring (bicyclic) bond motifs is 1. The summed E-state index contributed by atoms with van der Waals surface area (Å²) in [5.74, 6) is 0.985. The van der Waals surface area contributed by atoms with Gasteiger partial charge < -0.3 is 9.67 Å². The number of aryl methyl sites for hydroxylation is 1. The Hall–Kier alpha value is -4.77. The summed E-state index contributed by atoms with van der Waals surface area (Å²) in [4.78, 5) is 14.8. The van der Waals surface area contributed by atoms with Gasteiger partial charge >= 0.3 is 0 Å². The molecule has 5 heteroatoms. The van der Waals surface area contributed by atoms with E-state index < -0.39 is 0 Å². The lowest BCUT2D eigenvalue weighted by Crippen LogP contribution is -2.17. The van der Waals surface area contributed by atoms with Gasteiger partial charge in [-0.05, 0) is 91.4 Å². The molecule has 0 aliphatic heterocycles. The summed E-state index contributed by atoms with van der Waals surface area (Å²) >= 11 is 0. The zero-order valence-corrected chi connectivity index (χ0v) is 32.8. The van der Waals surface area contributed by atoms with Crippen LogP contribution >= 0.6 is 0 Å². The molecule has 0 saturated carbocycles. The number of pyridine rings is 2. The molecule has 0 saturated heterocycles. The molecule has 0 spiro atoms. The van der Waals surface area contributed by atoms with Gasteiger partial charge in [0.25, 0.3) is 0 Å². The van der Waals surface area contributed by atoms with Gasteiger partial charge in [0, 0.05) is 36.1 Å². The van der Waals surface area contributed by atoms with Crippen molar-refractivity contribution in [3.63, 3.8) is 0 Å². The summed E-state index contributed by atoms with van der Waals surface area (Å²) in [6.07, 6.45) is 5.63. The standard InChI is InChI=1S/C46H54N4O/c1-43(2,3)32-21-29(22-33(23-32)44(4,5)6)28-18-30(20-31(19-28)38-16-14-15-17-48-38)36-26-47-27-39-40(36)49-42(50(39)13)35-24-34(45(7,8)9)25-37(41(35)51)46(10,11)12/h14-27,51H,1-13H3.